The molecule has 1 unspecified atom stereocenters. The first-order chi connectivity index (χ1) is 4.74. The monoisotopic (exact) mass is 141 g/mol. The smallest absolute Gasteiger partial charge is 0.160 e. The van der Waals surface area contributed by atoms with Crippen molar-refractivity contribution in [2.24, 2.45) is 0 Å². The van der Waals surface area contributed by atoms with E-state index in [1.807, 2.05) is 0 Å². The van der Waals surface area contributed by atoms with Gasteiger partial charge in [0, 0.05) is 0 Å². The molecule has 0 aliphatic carbocycles. The number of allylic oxidation sites excluding steroid dienone is 1. The molecule has 10 heavy (non-hydrogen) atoms. The first kappa shape index (κ1) is 8.82. The number of hydrogen-bond donors (Lipinski definition) is 2. The van der Waals surface area contributed by atoms with Crippen molar-refractivity contribution in [1.82, 2.24) is 0 Å². The van der Waals surface area contributed by atoms with Crippen LogP contribution in [-0.2, 0) is 4.79 Å². The van der Waals surface area contributed by atoms with Gasteiger partial charge >= 0.3 is 0 Å². The summed E-state index contributed by atoms with van der Waals surface area (Å²) in [6, 6.07) is 1.54. The third kappa shape index (κ3) is 2.97. The van der Waals surface area contributed by atoms with E-state index in [-0.39, 0.29) is 5.57 Å². The van der Waals surface area contributed by atoms with Gasteiger partial charge in [-0.25, -0.2) is 0 Å². The molecule has 2 N–H and O–H groups in total. The van der Waals surface area contributed by atoms with Gasteiger partial charge in [-0.2, -0.15) is 5.26 Å². The van der Waals surface area contributed by atoms with Crippen LogP contribution in [0.2, 0.25) is 0 Å². The second-order valence-electron chi connectivity index (χ2n) is 1.60. The largest absolute Gasteiger partial charge is 0.393 e. The number of nitriles is 1. The molecule has 0 aromatic heterocycles. The number of hydrogen-bond acceptors (Lipinski definition) is 4. The zero-order valence-electron chi connectivity index (χ0n) is 5.19. The van der Waals surface area contributed by atoms with Gasteiger partial charge < -0.3 is 10.2 Å². The molecule has 0 fully saturated rings. The third-order valence-corrected chi connectivity index (χ3v) is 0.815. The second-order valence-corrected chi connectivity index (χ2v) is 1.60. The predicted molar refractivity (Wildman–Crippen MR) is 32.9 cm³/mol. The van der Waals surface area contributed by atoms with Crippen molar-refractivity contribution in [3.63, 3.8) is 0 Å². The molecule has 0 saturated heterocycles. The molecule has 0 amide bonds. The number of nitrogens with zero attached hydrogens (tertiary/aromatic N) is 1. The number of aliphatic hydroxyl groups is 2. The molecule has 0 saturated carbocycles. The predicted octanol–water partition coefficient (Wildman–Crippen LogP) is -1.01. The van der Waals surface area contributed by atoms with Crippen LogP contribution in [0.4, 0.5) is 0 Å². The van der Waals surface area contributed by atoms with Crippen LogP contribution in [-0.4, -0.2) is 29.2 Å². The van der Waals surface area contributed by atoms with Gasteiger partial charge in [0.25, 0.3) is 0 Å². The maximum Gasteiger partial charge on any atom is 0.160 e. The van der Waals surface area contributed by atoms with Gasteiger partial charge in [0.15, 0.2) is 6.29 Å². The highest BCUT2D eigenvalue weighted by Crippen LogP contribution is 1.90. The summed E-state index contributed by atoms with van der Waals surface area (Å²) in [7, 11) is 0. The van der Waals surface area contributed by atoms with Gasteiger partial charge in [-0.1, -0.05) is 0 Å². The van der Waals surface area contributed by atoms with E-state index in [0.717, 1.165) is 6.08 Å². The Labute approximate surface area is 58.0 Å². The molecule has 0 aromatic carbocycles. The average molecular weight is 141 g/mol. The van der Waals surface area contributed by atoms with Crippen molar-refractivity contribution < 1.29 is 15.0 Å². The SMILES string of the molecule is N#CC(C=O)=CC(O)CO. The summed E-state index contributed by atoms with van der Waals surface area (Å²) in [6.45, 7) is -0.487. The van der Waals surface area contributed by atoms with Crippen LogP contribution in [0, 0.1) is 11.3 Å². The van der Waals surface area contributed by atoms with Crippen LogP contribution in [0.15, 0.2) is 11.6 Å². The van der Waals surface area contributed by atoms with Crippen molar-refractivity contribution in [2.45, 2.75) is 6.10 Å². The molecule has 1 atom stereocenters. The fourth-order valence-corrected chi connectivity index (χ4v) is 0.363. The average Bonchev–Trinajstić information content (AvgIpc) is 1.99. The van der Waals surface area contributed by atoms with Crippen molar-refractivity contribution in [3.8, 4) is 6.07 Å². The van der Waals surface area contributed by atoms with E-state index in [4.69, 9.17) is 15.5 Å². The van der Waals surface area contributed by atoms with Crippen LogP contribution in [0.25, 0.3) is 0 Å². The maximum atomic E-state index is 9.90. The fraction of sp³-hybridized carbons (Fsp3) is 0.333. The molecular formula is C6H7NO3. The molecule has 0 bridgehead atoms. The summed E-state index contributed by atoms with van der Waals surface area (Å²) in [6.07, 6.45) is 0.186. The molecule has 4 heteroatoms. The number of aliphatic hydroxyl groups excluding tert-OH is 2. The van der Waals surface area contributed by atoms with Crippen LogP contribution >= 0.6 is 0 Å². The molecule has 54 valence electrons. The topological polar surface area (TPSA) is 81.3 Å². The van der Waals surface area contributed by atoms with Gasteiger partial charge in [0.1, 0.15) is 6.07 Å². The van der Waals surface area contributed by atoms with Crippen LogP contribution in [0.1, 0.15) is 0 Å². The first-order valence-electron chi connectivity index (χ1n) is 2.60. The Balaban J connectivity index is 4.13. The zero-order chi connectivity index (χ0) is 7.98. The summed E-state index contributed by atoms with van der Waals surface area (Å²) in [5, 5.41) is 25.0. The summed E-state index contributed by atoms with van der Waals surface area (Å²) in [5.41, 5.74) is -0.179. The summed E-state index contributed by atoms with van der Waals surface area (Å²) >= 11 is 0. The van der Waals surface area contributed by atoms with Crippen LogP contribution in [0.5, 0.6) is 0 Å². The maximum absolute atomic E-state index is 9.90. The quantitative estimate of drug-likeness (QED) is 0.299. The Bertz CT molecular complexity index is 180. The Hall–Kier alpha value is -1.18. The standard InChI is InChI=1S/C6H7NO3/c7-2-5(3-8)1-6(10)4-9/h1,3,6,9-10H,4H2. The minimum atomic E-state index is -1.13. The van der Waals surface area contributed by atoms with Gasteiger partial charge in [0.2, 0.25) is 0 Å². The normalized spacial score (nSPS) is 13.9. The first-order valence-corrected chi connectivity index (χ1v) is 2.60. The molecule has 0 rings (SSSR count). The highest BCUT2D eigenvalue weighted by atomic mass is 16.3. The van der Waals surface area contributed by atoms with Gasteiger partial charge in [-0.05, 0) is 6.08 Å². The Morgan fingerprint density at radius 3 is 2.70 bits per heavy atom. The lowest BCUT2D eigenvalue weighted by Crippen LogP contribution is -2.08. The van der Waals surface area contributed by atoms with Gasteiger partial charge in [-0.15, -0.1) is 0 Å². The van der Waals surface area contributed by atoms with E-state index in [9.17, 15) is 4.79 Å². The zero-order valence-corrected chi connectivity index (χ0v) is 5.19. The molecule has 0 aliphatic heterocycles. The molecule has 0 radical (unpaired) electrons. The second kappa shape index (κ2) is 4.68. The van der Waals surface area contributed by atoms with Crippen LogP contribution < -0.4 is 0 Å². The third-order valence-electron chi connectivity index (χ3n) is 0.815. The van der Waals surface area contributed by atoms with E-state index < -0.39 is 12.7 Å². The highest BCUT2D eigenvalue weighted by molar-refractivity contribution is 5.78. The number of carbonyl (C=O) groups excluding carboxylic acids is 1. The fourth-order valence-electron chi connectivity index (χ4n) is 0.363. The number of rotatable bonds is 3. The molecule has 0 aromatic rings. The summed E-state index contributed by atoms with van der Waals surface area (Å²) in [4.78, 5) is 9.90. The van der Waals surface area contributed by atoms with Gasteiger partial charge in [0.05, 0.1) is 18.3 Å². The minimum Gasteiger partial charge on any atom is -0.393 e. The number of aldehydes is 1. The number of carbonyl (C=O) groups is 1. The summed E-state index contributed by atoms with van der Waals surface area (Å²) in [5.74, 6) is 0. The molecule has 0 aliphatic rings. The summed E-state index contributed by atoms with van der Waals surface area (Å²) < 4.78 is 0. The van der Waals surface area contributed by atoms with E-state index in [1.165, 1.54) is 6.07 Å². The van der Waals surface area contributed by atoms with E-state index in [1.54, 1.807) is 0 Å². The Morgan fingerprint density at radius 1 is 1.80 bits per heavy atom. The van der Waals surface area contributed by atoms with Crippen molar-refractivity contribution in [1.29, 1.82) is 5.26 Å². The highest BCUT2D eigenvalue weighted by Gasteiger charge is 1.98. The van der Waals surface area contributed by atoms with E-state index in [0.29, 0.717) is 6.29 Å². The molecular weight excluding hydrogens is 134 g/mol. The molecule has 0 heterocycles. The lowest BCUT2D eigenvalue weighted by atomic mass is 10.2. The van der Waals surface area contributed by atoms with Crippen molar-refractivity contribution in [3.05, 3.63) is 11.6 Å². The Kier molecular flexibility index (Phi) is 4.12. The molecule has 4 nitrogen and oxygen atoms in total. The lowest BCUT2D eigenvalue weighted by molar-refractivity contribution is -0.104. The van der Waals surface area contributed by atoms with E-state index >= 15 is 0 Å². The van der Waals surface area contributed by atoms with Crippen molar-refractivity contribution >= 4 is 6.29 Å². The van der Waals surface area contributed by atoms with Gasteiger partial charge in [-0.3, -0.25) is 4.79 Å². The molecule has 0 spiro atoms. The van der Waals surface area contributed by atoms with E-state index in [2.05, 4.69) is 0 Å². The van der Waals surface area contributed by atoms with Crippen molar-refractivity contribution in [2.75, 3.05) is 6.61 Å². The lowest BCUT2D eigenvalue weighted by Gasteiger charge is -1.96. The Morgan fingerprint density at radius 2 is 2.40 bits per heavy atom. The van der Waals surface area contributed by atoms with Crippen LogP contribution in [0.3, 0.4) is 0 Å². The minimum absolute atomic E-state index is 0.179.